The molecule has 0 heterocycles. The van der Waals surface area contributed by atoms with Gasteiger partial charge < -0.3 is 10.2 Å². The van der Waals surface area contributed by atoms with Crippen molar-refractivity contribution in [1.29, 1.82) is 0 Å². The highest BCUT2D eigenvalue weighted by Crippen LogP contribution is 2.22. The molecular weight excluding hydrogens is 194 g/mol. The van der Waals surface area contributed by atoms with Crippen LogP contribution in [-0.4, -0.2) is 16.2 Å². The van der Waals surface area contributed by atoms with Gasteiger partial charge in [0.15, 0.2) is 5.60 Å². The van der Waals surface area contributed by atoms with Crippen LogP contribution in [-0.2, 0) is 10.4 Å². The molecule has 2 N–H and O–H groups in total. The number of hydrogen-bond acceptors (Lipinski definition) is 2. The first-order chi connectivity index (χ1) is 6.34. The molecule has 0 saturated carbocycles. The van der Waals surface area contributed by atoms with Crippen molar-refractivity contribution in [2.45, 2.75) is 12.5 Å². The highest BCUT2D eigenvalue weighted by atomic mass is 19.1. The molecule has 5 heteroatoms. The largest absolute Gasteiger partial charge is 0.479 e. The van der Waals surface area contributed by atoms with E-state index >= 15 is 0 Å². The predicted molar refractivity (Wildman–Crippen MR) is 43.6 cm³/mol. The van der Waals surface area contributed by atoms with Gasteiger partial charge in [0.25, 0.3) is 0 Å². The van der Waals surface area contributed by atoms with Crippen LogP contribution in [0.4, 0.5) is 8.78 Å². The van der Waals surface area contributed by atoms with Gasteiger partial charge >= 0.3 is 5.97 Å². The highest BCUT2D eigenvalue weighted by Gasteiger charge is 2.32. The minimum absolute atomic E-state index is 0.331. The SMILES string of the molecule is CC(O)(C(=O)O)c1cc(F)cc(F)c1. The summed E-state index contributed by atoms with van der Waals surface area (Å²) in [5, 5.41) is 18.0. The van der Waals surface area contributed by atoms with Gasteiger partial charge in [-0.25, -0.2) is 13.6 Å². The predicted octanol–water partition coefficient (Wildman–Crippen LogP) is 1.26. The van der Waals surface area contributed by atoms with Gasteiger partial charge in [-0.1, -0.05) is 0 Å². The third kappa shape index (κ3) is 1.88. The molecule has 1 aromatic carbocycles. The number of carbonyl (C=O) groups is 1. The molecule has 1 aromatic rings. The second-order valence-electron chi connectivity index (χ2n) is 3.04. The standard InChI is InChI=1S/C9H8F2O3/c1-9(14,8(12)13)5-2-6(10)4-7(11)3-5/h2-4,14H,1H3,(H,12,13). The van der Waals surface area contributed by atoms with Crippen molar-refractivity contribution in [3.63, 3.8) is 0 Å². The monoisotopic (exact) mass is 202 g/mol. The zero-order chi connectivity index (χ0) is 10.9. The van der Waals surface area contributed by atoms with E-state index in [1.54, 1.807) is 0 Å². The van der Waals surface area contributed by atoms with Gasteiger partial charge in [0.05, 0.1) is 0 Å². The lowest BCUT2D eigenvalue weighted by atomic mass is 9.96. The number of aliphatic carboxylic acids is 1. The first-order valence-corrected chi connectivity index (χ1v) is 3.76. The van der Waals surface area contributed by atoms with E-state index in [0.717, 1.165) is 19.1 Å². The number of aliphatic hydroxyl groups is 1. The van der Waals surface area contributed by atoms with E-state index in [1.807, 2.05) is 0 Å². The molecule has 1 rings (SSSR count). The Balaban J connectivity index is 3.25. The van der Waals surface area contributed by atoms with E-state index in [-0.39, 0.29) is 5.56 Å². The van der Waals surface area contributed by atoms with Crippen molar-refractivity contribution in [3.05, 3.63) is 35.4 Å². The molecule has 0 aliphatic heterocycles. The average Bonchev–Trinajstić information content (AvgIpc) is 2.01. The first kappa shape index (κ1) is 10.6. The summed E-state index contributed by atoms with van der Waals surface area (Å²) in [6.07, 6.45) is 0. The second kappa shape index (κ2) is 3.34. The van der Waals surface area contributed by atoms with E-state index in [0.29, 0.717) is 6.07 Å². The maximum absolute atomic E-state index is 12.7. The van der Waals surface area contributed by atoms with E-state index in [4.69, 9.17) is 5.11 Å². The summed E-state index contributed by atoms with van der Waals surface area (Å²) < 4.78 is 25.4. The quantitative estimate of drug-likeness (QED) is 0.758. The Morgan fingerprint density at radius 2 is 1.71 bits per heavy atom. The van der Waals surface area contributed by atoms with Crippen molar-refractivity contribution in [1.82, 2.24) is 0 Å². The molecule has 0 aliphatic rings. The molecule has 0 spiro atoms. The van der Waals surface area contributed by atoms with Crippen LogP contribution in [0.5, 0.6) is 0 Å². The smallest absolute Gasteiger partial charge is 0.340 e. The molecule has 14 heavy (non-hydrogen) atoms. The normalized spacial score (nSPS) is 14.9. The lowest BCUT2D eigenvalue weighted by Gasteiger charge is -2.18. The second-order valence-corrected chi connectivity index (χ2v) is 3.04. The van der Waals surface area contributed by atoms with Gasteiger partial charge in [-0.3, -0.25) is 0 Å². The third-order valence-corrected chi connectivity index (χ3v) is 1.84. The van der Waals surface area contributed by atoms with Crippen LogP contribution in [0.15, 0.2) is 18.2 Å². The van der Waals surface area contributed by atoms with Crippen LogP contribution in [0, 0.1) is 11.6 Å². The lowest BCUT2D eigenvalue weighted by Crippen LogP contribution is -2.32. The van der Waals surface area contributed by atoms with Crippen LogP contribution in [0.25, 0.3) is 0 Å². The van der Waals surface area contributed by atoms with E-state index in [2.05, 4.69) is 0 Å². The summed E-state index contributed by atoms with van der Waals surface area (Å²) in [5.74, 6) is -3.43. The number of halogens is 2. The molecule has 0 bridgehead atoms. The molecule has 1 unspecified atom stereocenters. The van der Waals surface area contributed by atoms with Crippen molar-refractivity contribution < 1.29 is 23.8 Å². The fraction of sp³-hybridized carbons (Fsp3) is 0.222. The topological polar surface area (TPSA) is 57.5 Å². The van der Waals surface area contributed by atoms with Crippen LogP contribution in [0.2, 0.25) is 0 Å². The van der Waals surface area contributed by atoms with E-state index in [1.165, 1.54) is 0 Å². The third-order valence-electron chi connectivity index (χ3n) is 1.84. The number of hydrogen-bond donors (Lipinski definition) is 2. The van der Waals surface area contributed by atoms with Gasteiger partial charge in [0.1, 0.15) is 11.6 Å². The van der Waals surface area contributed by atoms with E-state index in [9.17, 15) is 18.7 Å². The first-order valence-electron chi connectivity index (χ1n) is 3.76. The lowest BCUT2D eigenvalue weighted by molar-refractivity contribution is -0.157. The average molecular weight is 202 g/mol. The number of carboxylic acid groups (broad SMARTS) is 1. The molecule has 1 atom stereocenters. The minimum Gasteiger partial charge on any atom is -0.479 e. The van der Waals surface area contributed by atoms with Gasteiger partial charge in [-0.05, 0) is 19.1 Å². The molecule has 0 amide bonds. The fourth-order valence-corrected chi connectivity index (χ4v) is 0.958. The van der Waals surface area contributed by atoms with Crippen LogP contribution >= 0.6 is 0 Å². The maximum Gasteiger partial charge on any atom is 0.340 e. The van der Waals surface area contributed by atoms with Crippen LogP contribution in [0.1, 0.15) is 12.5 Å². The fourth-order valence-electron chi connectivity index (χ4n) is 0.958. The highest BCUT2D eigenvalue weighted by molar-refractivity contribution is 5.78. The zero-order valence-corrected chi connectivity index (χ0v) is 7.29. The van der Waals surface area contributed by atoms with Crippen molar-refractivity contribution in [3.8, 4) is 0 Å². The maximum atomic E-state index is 12.7. The molecule has 0 fully saturated rings. The van der Waals surface area contributed by atoms with Crippen molar-refractivity contribution in [2.24, 2.45) is 0 Å². The Kier molecular flexibility index (Phi) is 2.53. The van der Waals surface area contributed by atoms with Gasteiger partial charge in [0, 0.05) is 11.6 Å². The number of carboxylic acids is 1. The van der Waals surface area contributed by atoms with Crippen LogP contribution in [0.3, 0.4) is 0 Å². The molecule has 76 valence electrons. The van der Waals surface area contributed by atoms with Crippen LogP contribution < -0.4 is 0 Å². The molecule has 3 nitrogen and oxygen atoms in total. The minimum atomic E-state index is -2.29. The van der Waals surface area contributed by atoms with E-state index < -0.39 is 23.2 Å². The summed E-state index contributed by atoms with van der Waals surface area (Å²) in [5.41, 5.74) is -2.62. The van der Waals surface area contributed by atoms with Gasteiger partial charge in [-0.15, -0.1) is 0 Å². The molecular formula is C9H8F2O3. The summed E-state index contributed by atoms with van der Waals surface area (Å²) in [4.78, 5) is 10.5. The van der Waals surface area contributed by atoms with Gasteiger partial charge in [-0.2, -0.15) is 0 Å². The molecule has 0 aliphatic carbocycles. The number of rotatable bonds is 2. The zero-order valence-electron chi connectivity index (χ0n) is 7.29. The van der Waals surface area contributed by atoms with Crippen molar-refractivity contribution in [2.75, 3.05) is 0 Å². The molecule has 0 radical (unpaired) electrons. The Morgan fingerprint density at radius 3 is 2.07 bits per heavy atom. The Morgan fingerprint density at radius 1 is 1.29 bits per heavy atom. The van der Waals surface area contributed by atoms with Crippen molar-refractivity contribution >= 4 is 5.97 Å². The Hall–Kier alpha value is -1.49. The molecule has 0 saturated heterocycles. The molecule has 0 aromatic heterocycles. The summed E-state index contributed by atoms with van der Waals surface area (Å²) in [7, 11) is 0. The summed E-state index contributed by atoms with van der Waals surface area (Å²) in [6, 6.07) is 2.15. The Bertz CT molecular complexity index is 354. The summed E-state index contributed by atoms with van der Waals surface area (Å²) in [6.45, 7) is 0.948. The Labute approximate surface area is 78.6 Å². The van der Waals surface area contributed by atoms with Gasteiger partial charge in [0.2, 0.25) is 0 Å². The summed E-state index contributed by atoms with van der Waals surface area (Å²) >= 11 is 0. The number of benzene rings is 1.